The quantitative estimate of drug-likeness (QED) is 0.860. The summed E-state index contributed by atoms with van der Waals surface area (Å²) in [6.07, 6.45) is 1.25. The fraction of sp³-hybridized carbons (Fsp3) is 0.500. The van der Waals surface area contributed by atoms with Gasteiger partial charge in [-0.1, -0.05) is 22.9 Å². The molecule has 0 unspecified atom stereocenters. The highest BCUT2D eigenvalue weighted by atomic mass is 79.9. The van der Waals surface area contributed by atoms with Gasteiger partial charge in [0.1, 0.15) is 0 Å². The summed E-state index contributed by atoms with van der Waals surface area (Å²) >= 11 is 3.38. The van der Waals surface area contributed by atoms with Crippen LogP contribution in [0.15, 0.2) is 31.9 Å². The van der Waals surface area contributed by atoms with Crippen LogP contribution in [0.5, 0.6) is 0 Å². The van der Waals surface area contributed by atoms with Crippen LogP contribution in [0.1, 0.15) is 13.3 Å². The SMILES string of the molecule is CC[C@@H]1CN(Cn2c(=O)oc3cc(Br)ccc32)CCO1. The molecule has 1 aliphatic rings. The molecule has 1 aliphatic heterocycles. The molecular formula is C14H17BrN2O3. The van der Waals surface area contributed by atoms with Crippen LogP contribution in [-0.2, 0) is 11.4 Å². The Morgan fingerprint density at radius 1 is 1.45 bits per heavy atom. The van der Waals surface area contributed by atoms with Crippen molar-refractivity contribution in [3.8, 4) is 0 Å². The summed E-state index contributed by atoms with van der Waals surface area (Å²) in [6.45, 7) is 5.07. The van der Waals surface area contributed by atoms with Gasteiger partial charge in [-0.25, -0.2) is 4.79 Å². The Labute approximate surface area is 125 Å². The maximum absolute atomic E-state index is 12.0. The molecule has 1 aromatic carbocycles. The molecule has 1 saturated heterocycles. The molecule has 0 bridgehead atoms. The zero-order valence-electron chi connectivity index (χ0n) is 11.3. The molecule has 6 heteroatoms. The summed E-state index contributed by atoms with van der Waals surface area (Å²) in [6, 6.07) is 5.64. The highest BCUT2D eigenvalue weighted by Gasteiger charge is 2.20. The number of benzene rings is 1. The molecule has 3 rings (SSSR count). The Balaban J connectivity index is 1.87. The van der Waals surface area contributed by atoms with E-state index in [1.165, 1.54) is 0 Å². The van der Waals surface area contributed by atoms with E-state index in [1.54, 1.807) is 4.57 Å². The average molecular weight is 341 g/mol. The standard InChI is InChI=1S/C14H17BrN2O3/c1-2-11-8-16(5-6-19-11)9-17-12-4-3-10(15)7-13(12)20-14(17)18/h3-4,7,11H,2,5-6,8-9H2,1H3/t11-/m1/s1. The van der Waals surface area contributed by atoms with Crippen LogP contribution in [0.2, 0.25) is 0 Å². The molecule has 0 saturated carbocycles. The van der Waals surface area contributed by atoms with Gasteiger partial charge in [0.2, 0.25) is 0 Å². The van der Waals surface area contributed by atoms with Crippen molar-refractivity contribution in [2.75, 3.05) is 19.7 Å². The minimum absolute atomic E-state index is 0.256. The number of hydrogen-bond acceptors (Lipinski definition) is 4. The second-order valence-corrected chi connectivity index (χ2v) is 5.94. The minimum Gasteiger partial charge on any atom is -0.408 e. The zero-order chi connectivity index (χ0) is 14.1. The highest BCUT2D eigenvalue weighted by molar-refractivity contribution is 9.10. The van der Waals surface area contributed by atoms with Gasteiger partial charge in [-0.15, -0.1) is 0 Å². The van der Waals surface area contributed by atoms with Crippen molar-refractivity contribution in [1.82, 2.24) is 9.47 Å². The summed E-state index contributed by atoms with van der Waals surface area (Å²) in [5, 5.41) is 0. The number of fused-ring (bicyclic) bond motifs is 1. The van der Waals surface area contributed by atoms with E-state index in [2.05, 4.69) is 27.8 Å². The van der Waals surface area contributed by atoms with E-state index < -0.39 is 0 Å². The third-order valence-electron chi connectivity index (χ3n) is 3.65. The number of rotatable bonds is 3. The van der Waals surface area contributed by atoms with Gasteiger partial charge in [0.15, 0.2) is 5.58 Å². The largest absolute Gasteiger partial charge is 0.421 e. The van der Waals surface area contributed by atoms with Crippen LogP contribution in [-0.4, -0.2) is 35.3 Å². The Kier molecular flexibility index (Phi) is 3.96. The number of aromatic nitrogens is 1. The van der Waals surface area contributed by atoms with E-state index in [-0.39, 0.29) is 11.9 Å². The van der Waals surface area contributed by atoms with Crippen LogP contribution in [0, 0.1) is 0 Å². The maximum atomic E-state index is 12.0. The van der Waals surface area contributed by atoms with E-state index >= 15 is 0 Å². The predicted molar refractivity (Wildman–Crippen MR) is 79.8 cm³/mol. The summed E-state index contributed by atoms with van der Waals surface area (Å²) in [7, 11) is 0. The van der Waals surface area contributed by atoms with Gasteiger partial charge in [0.05, 0.1) is 24.9 Å². The Morgan fingerprint density at radius 3 is 3.10 bits per heavy atom. The van der Waals surface area contributed by atoms with Gasteiger partial charge in [-0.2, -0.15) is 0 Å². The third kappa shape index (κ3) is 2.68. The van der Waals surface area contributed by atoms with Crippen LogP contribution in [0.25, 0.3) is 11.1 Å². The Morgan fingerprint density at radius 2 is 2.30 bits per heavy atom. The molecule has 108 valence electrons. The molecule has 5 nitrogen and oxygen atoms in total. The fourth-order valence-electron chi connectivity index (χ4n) is 2.53. The first kappa shape index (κ1) is 13.9. The second kappa shape index (κ2) is 5.71. The first-order valence-corrected chi connectivity index (χ1v) is 7.59. The first-order chi connectivity index (χ1) is 9.67. The minimum atomic E-state index is -0.308. The van der Waals surface area contributed by atoms with Gasteiger partial charge in [-0.05, 0) is 24.6 Å². The van der Waals surface area contributed by atoms with E-state index in [9.17, 15) is 4.79 Å². The molecule has 0 aliphatic carbocycles. The van der Waals surface area contributed by atoms with Gasteiger partial charge < -0.3 is 9.15 Å². The van der Waals surface area contributed by atoms with Crippen molar-refractivity contribution in [2.24, 2.45) is 0 Å². The number of ether oxygens (including phenoxy) is 1. The average Bonchev–Trinajstić information content (AvgIpc) is 2.74. The van der Waals surface area contributed by atoms with Gasteiger partial charge in [-0.3, -0.25) is 9.47 Å². The fourth-order valence-corrected chi connectivity index (χ4v) is 2.87. The van der Waals surface area contributed by atoms with Gasteiger partial charge >= 0.3 is 5.76 Å². The molecule has 1 aromatic heterocycles. The summed E-state index contributed by atoms with van der Waals surface area (Å²) in [5.41, 5.74) is 1.45. The Hall–Kier alpha value is -1.11. The van der Waals surface area contributed by atoms with E-state index in [4.69, 9.17) is 9.15 Å². The molecular weight excluding hydrogens is 324 g/mol. The lowest BCUT2D eigenvalue weighted by Gasteiger charge is -2.32. The number of halogens is 1. The predicted octanol–water partition coefficient (Wildman–Crippen LogP) is 2.43. The van der Waals surface area contributed by atoms with Crippen LogP contribution >= 0.6 is 15.9 Å². The lowest BCUT2D eigenvalue weighted by molar-refractivity contribution is -0.0399. The lowest BCUT2D eigenvalue weighted by Crippen LogP contribution is -2.43. The van der Waals surface area contributed by atoms with Crippen molar-refractivity contribution in [3.05, 3.63) is 33.2 Å². The second-order valence-electron chi connectivity index (χ2n) is 5.03. The van der Waals surface area contributed by atoms with Crippen molar-refractivity contribution in [3.63, 3.8) is 0 Å². The van der Waals surface area contributed by atoms with Crippen LogP contribution in [0.3, 0.4) is 0 Å². The maximum Gasteiger partial charge on any atom is 0.421 e. The summed E-state index contributed by atoms with van der Waals surface area (Å²) < 4.78 is 13.5. The molecule has 1 fully saturated rings. The lowest BCUT2D eigenvalue weighted by atomic mass is 10.2. The zero-order valence-corrected chi connectivity index (χ0v) is 12.9. The van der Waals surface area contributed by atoms with E-state index in [0.29, 0.717) is 18.9 Å². The van der Waals surface area contributed by atoms with E-state index in [0.717, 1.165) is 29.5 Å². The smallest absolute Gasteiger partial charge is 0.408 e. The van der Waals surface area contributed by atoms with Crippen molar-refractivity contribution in [1.29, 1.82) is 0 Å². The van der Waals surface area contributed by atoms with Crippen LogP contribution < -0.4 is 5.76 Å². The highest BCUT2D eigenvalue weighted by Crippen LogP contribution is 2.19. The number of nitrogens with zero attached hydrogens (tertiary/aromatic N) is 2. The molecule has 2 heterocycles. The molecule has 20 heavy (non-hydrogen) atoms. The monoisotopic (exact) mass is 340 g/mol. The van der Waals surface area contributed by atoms with Gasteiger partial charge in [0, 0.05) is 17.6 Å². The topological polar surface area (TPSA) is 47.6 Å². The third-order valence-corrected chi connectivity index (χ3v) is 4.14. The molecule has 2 aromatic rings. The molecule has 0 radical (unpaired) electrons. The van der Waals surface area contributed by atoms with E-state index in [1.807, 2.05) is 18.2 Å². The van der Waals surface area contributed by atoms with Crippen molar-refractivity contribution < 1.29 is 9.15 Å². The molecule has 0 spiro atoms. The van der Waals surface area contributed by atoms with Gasteiger partial charge in [0.25, 0.3) is 0 Å². The number of oxazole rings is 1. The normalized spacial score (nSPS) is 20.6. The molecule has 1 atom stereocenters. The molecule has 0 amide bonds. The van der Waals surface area contributed by atoms with Crippen molar-refractivity contribution >= 4 is 27.0 Å². The van der Waals surface area contributed by atoms with Crippen LogP contribution in [0.4, 0.5) is 0 Å². The number of hydrogen-bond donors (Lipinski definition) is 0. The summed E-state index contributed by atoms with van der Waals surface area (Å²) in [4.78, 5) is 14.2. The Bertz CT molecular complexity index is 664. The molecule has 0 N–H and O–H groups in total. The first-order valence-electron chi connectivity index (χ1n) is 6.80. The number of morpholine rings is 1. The van der Waals surface area contributed by atoms with Crippen molar-refractivity contribution in [2.45, 2.75) is 26.1 Å². The summed E-state index contributed by atoms with van der Waals surface area (Å²) in [5.74, 6) is -0.308.